The van der Waals surface area contributed by atoms with E-state index in [1.807, 2.05) is 6.07 Å². The van der Waals surface area contributed by atoms with Crippen LogP contribution in [0.25, 0.3) is 0 Å². The standard InChI is InChI=1S/C19H27N5O.HI/c1-3-20-19(21-14-17-6-4-5-16(2)13-17)24-10-8-23(9-11-24)15-18-7-12-25-22-18;/h4-7,12-13H,3,8-11,14-15H2,1-2H3,(H,20,21);1H. The van der Waals surface area contributed by atoms with Crippen molar-refractivity contribution in [2.24, 2.45) is 4.99 Å². The van der Waals surface area contributed by atoms with E-state index in [9.17, 15) is 0 Å². The normalized spacial score (nSPS) is 15.6. The number of nitrogens with one attached hydrogen (secondary N) is 1. The second-order valence-corrected chi connectivity index (χ2v) is 6.41. The zero-order chi connectivity index (χ0) is 17.5. The van der Waals surface area contributed by atoms with Gasteiger partial charge in [0.05, 0.1) is 12.2 Å². The first-order valence-electron chi connectivity index (χ1n) is 8.95. The first-order chi connectivity index (χ1) is 12.2. The molecule has 0 saturated carbocycles. The second kappa shape index (κ2) is 10.5. The predicted octanol–water partition coefficient (Wildman–Crippen LogP) is 2.88. The lowest BCUT2D eigenvalue weighted by atomic mass is 10.1. The number of rotatable bonds is 5. The number of benzene rings is 1. The van der Waals surface area contributed by atoms with Gasteiger partial charge < -0.3 is 14.7 Å². The fourth-order valence-electron chi connectivity index (χ4n) is 3.07. The first kappa shape index (κ1) is 20.7. The average Bonchev–Trinajstić information content (AvgIpc) is 3.12. The van der Waals surface area contributed by atoms with Crippen molar-refractivity contribution in [2.45, 2.75) is 26.9 Å². The van der Waals surface area contributed by atoms with Crippen molar-refractivity contribution in [3.05, 3.63) is 53.4 Å². The van der Waals surface area contributed by atoms with E-state index >= 15 is 0 Å². The Hall–Kier alpha value is -1.61. The van der Waals surface area contributed by atoms with Crippen molar-refractivity contribution >= 4 is 29.9 Å². The quantitative estimate of drug-likeness (QED) is 0.415. The van der Waals surface area contributed by atoms with Gasteiger partial charge in [-0.25, -0.2) is 4.99 Å². The maximum Gasteiger partial charge on any atom is 0.194 e. The molecule has 0 atom stereocenters. The zero-order valence-corrected chi connectivity index (χ0v) is 17.8. The third kappa shape index (κ3) is 5.98. The van der Waals surface area contributed by atoms with Gasteiger partial charge in [0.25, 0.3) is 0 Å². The van der Waals surface area contributed by atoms with Crippen molar-refractivity contribution in [1.29, 1.82) is 0 Å². The van der Waals surface area contributed by atoms with Crippen LogP contribution < -0.4 is 5.32 Å². The molecule has 1 saturated heterocycles. The SMILES string of the molecule is CCNC(=NCc1cccc(C)c1)N1CCN(Cc2ccon2)CC1.I. The summed E-state index contributed by atoms with van der Waals surface area (Å²) in [5.41, 5.74) is 3.52. The highest BCUT2D eigenvalue weighted by Crippen LogP contribution is 2.09. The number of piperazine rings is 1. The third-order valence-corrected chi connectivity index (χ3v) is 4.38. The van der Waals surface area contributed by atoms with Crippen LogP contribution in [0.15, 0.2) is 46.1 Å². The number of aliphatic imine (C=N–C) groups is 1. The summed E-state index contributed by atoms with van der Waals surface area (Å²) in [6.45, 7) is 10.6. The molecule has 1 N–H and O–H groups in total. The molecule has 0 unspecified atom stereocenters. The summed E-state index contributed by atoms with van der Waals surface area (Å²) in [5.74, 6) is 1.00. The van der Waals surface area contributed by atoms with E-state index in [0.717, 1.165) is 50.9 Å². The van der Waals surface area contributed by atoms with E-state index in [1.54, 1.807) is 6.26 Å². The van der Waals surface area contributed by atoms with E-state index in [2.05, 4.69) is 58.4 Å². The number of aryl methyl sites for hydroxylation is 1. The van der Waals surface area contributed by atoms with Gasteiger partial charge in [-0.15, -0.1) is 24.0 Å². The van der Waals surface area contributed by atoms with Crippen LogP contribution in [0.4, 0.5) is 0 Å². The molecule has 6 nitrogen and oxygen atoms in total. The number of nitrogens with zero attached hydrogens (tertiary/aromatic N) is 4. The lowest BCUT2D eigenvalue weighted by Crippen LogP contribution is -2.52. The Morgan fingerprint density at radius 3 is 2.69 bits per heavy atom. The molecule has 2 heterocycles. The van der Waals surface area contributed by atoms with Gasteiger partial charge in [0.1, 0.15) is 6.26 Å². The number of hydrogen-bond acceptors (Lipinski definition) is 4. The number of hydrogen-bond donors (Lipinski definition) is 1. The van der Waals surface area contributed by atoms with Crippen LogP contribution in [0.1, 0.15) is 23.7 Å². The molecular weight excluding hydrogens is 441 g/mol. The maximum atomic E-state index is 4.91. The number of aromatic nitrogens is 1. The monoisotopic (exact) mass is 469 g/mol. The molecule has 7 heteroatoms. The minimum Gasteiger partial charge on any atom is -0.364 e. The molecule has 3 rings (SSSR count). The van der Waals surface area contributed by atoms with Gasteiger partial charge in [-0.3, -0.25) is 4.90 Å². The highest BCUT2D eigenvalue weighted by molar-refractivity contribution is 14.0. The average molecular weight is 469 g/mol. The van der Waals surface area contributed by atoms with Crippen LogP contribution in [-0.2, 0) is 13.1 Å². The molecule has 2 aromatic rings. The van der Waals surface area contributed by atoms with Gasteiger partial charge in [0, 0.05) is 45.3 Å². The maximum absolute atomic E-state index is 4.91. The number of halogens is 1. The van der Waals surface area contributed by atoms with Crippen molar-refractivity contribution in [1.82, 2.24) is 20.3 Å². The van der Waals surface area contributed by atoms with Gasteiger partial charge in [-0.2, -0.15) is 0 Å². The van der Waals surface area contributed by atoms with Crippen LogP contribution in [0.2, 0.25) is 0 Å². The molecule has 1 fully saturated rings. The van der Waals surface area contributed by atoms with Crippen molar-refractivity contribution in [3.8, 4) is 0 Å². The highest BCUT2D eigenvalue weighted by Gasteiger charge is 2.20. The number of guanidine groups is 1. The lowest BCUT2D eigenvalue weighted by molar-refractivity contribution is 0.169. The topological polar surface area (TPSA) is 56.9 Å². The van der Waals surface area contributed by atoms with E-state index in [1.165, 1.54) is 11.1 Å². The Balaban J connectivity index is 0.00000243. The summed E-state index contributed by atoms with van der Waals surface area (Å²) < 4.78 is 4.91. The molecule has 0 bridgehead atoms. The van der Waals surface area contributed by atoms with E-state index in [4.69, 9.17) is 9.52 Å². The Bertz CT molecular complexity index is 681. The minimum atomic E-state index is 0. The largest absolute Gasteiger partial charge is 0.364 e. The summed E-state index contributed by atoms with van der Waals surface area (Å²) in [6.07, 6.45) is 1.63. The smallest absolute Gasteiger partial charge is 0.194 e. The lowest BCUT2D eigenvalue weighted by Gasteiger charge is -2.36. The summed E-state index contributed by atoms with van der Waals surface area (Å²) in [4.78, 5) is 9.58. The predicted molar refractivity (Wildman–Crippen MR) is 115 cm³/mol. The highest BCUT2D eigenvalue weighted by atomic mass is 127. The summed E-state index contributed by atoms with van der Waals surface area (Å²) in [6, 6.07) is 10.5. The first-order valence-corrected chi connectivity index (χ1v) is 8.95. The van der Waals surface area contributed by atoms with E-state index in [0.29, 0.717) is 6.54 Å². The molecule has 142 valence electrons. The molecule has 1 aromatic carbocycles. The Labute approximate surface area is 172 Å². The Morgan fingerprint density at radius 2 is 2.04 bits per heavy atom. The van der Waals surface area contributed by atoms with Gasteiger partial charge in [0.15, 0.2) is 5.96 Å². The second-order valence-electron chi connectivity index (χ2n) is 6.41. The summed E-state index contributed by atoms with van der Waals surface area (Å²) in [7, 11) is 0. The Kier molecular flexibility index (Phi) is 8.37. The molecule has 0 spiro atoms. The fourth-order valence-corrected chi connectivity index (χ4v) is 3.07. The van der Waals surface area contributed by atoms with Crippen molar-refractivity contribution in [2.75, 3.05) is 32.7 Å². The van der Waals surface area contributed by atoms with Crippen LogP contribution >= 0.6 is 24.0 Å². The molecule has 1 aromatic heterocycles. The summed E-state index contributed by atoms with van der Waals surface area (Å²) >= 11 is 0. The Morgan fingerprint density at radius 1 is 1.23 bits per heavy atom. The zero-order valence-electron chi connectivity index (χ0n) is 15.5. The van der Waals surface area contributed by atoms with Gasteiger partial charge >= 0.3 is 0 Å². The molecule has 0 amide bonds. The van der Waals surface area contributed by atoms with Crippen LogP contribution in [0.3, 0.4) is 0 Å². The van der Waals surface area contributed by atoms with E-state index in [-0.39, 0.29) is 24.0 Å². The van der Waals surface area contributed by atoms with Crippen LogP contribution in [-0.4, -0.2) is 53.6 Å². The van der Waals surface area contributed by atoms with Crippen molar-refractivity contribution in [3.63, 3.8) is 0 Å². The molecule has 1 aliphatic heterocycles. The molecule has 1 aliphatic rings. The minimum absolute atomic E-state index is 0. The van der Waals surface area contributed by atoms with Crippen molar-refractivity contribution < 1.29 is 4.52 Å². The fraction of sp³-hybridized carbons (Fsp3) is 0.474. The molecular formula is C19H28IN5O. The van der Waals surface area contributed by atoms with Gasteiger partial charge in [0.2, 0.25) is 0 Å². The summed E-state index contributed by atoms with van der Waals surface area (Å²) in [5, 5.41) is 7.43. The van der Waals surface area contributed by atoms with Crippen LogP contribution in [0.5, 0.6) is 0 Å². The molecule has 0 radical (unpaired) electrons. The van der Waals surface area contributed by atoms with Crippen LogP contribution in [0, 0.1) is 6.92 Å². The molecule has 26 heavy (non-hydrogen) atoms. The van der Waals surface area contributed by atoms with Gasteiger partial charge in [-0.1, -0.05) is 35.0 Å². The van der Waals surface area contributed by atoms with Gasteiger partial charge in [-0.05, 0) is 19.4 Å². The van der Waals surface area contributed by atoms with E-state index < -0.39 is 0 Å². The third-order valence-electron chi connectivity index (χ3n) is 4.38. The molecule has 0 aliphatic carbocycles.